The number of nitrogens with one attached hydrogen (secondary N) is 1. The molecule has 0 unspecified atom stereocenters. The van der Waals surface area contributed by atoms with Crippen LogP contribution in [-0.2, 0) is 0 Å². The number of nitro benzene ring substituents is 1. The van der Waals surface area contributed by atoms with Crippen LogP contribution in [0.25, 0.3) is 0 Å². The van der Waals surface area contributed by atoms with E-state index in [1.807, 2.05) is 0 Å². The number of nitrogens with zero attached hydrogens (tertiary/aromatic N) is 1. The maximum atomic E-state index is 13.1. The van der Waals surface area contributed by atoms with Gasteiger partial charge < -0.3 is 5.32 Å². The summed E-state index contributed by atoms with van der Waals surface area (Å²) in [6.45, 7) is 2.77. The SMILES string of the molecule is CC1(CNc2ccc([N+](=O)[O-])cc2C(F)F)CCCCC1. The number of hydrogen-bond donors (Lipinski definition) is 1. The summed E-state index contributed by atoms with van der Waals surface area (Å²) in [6.07, 6.45) is 3.00. The summed E-state index contributed by atoms with van der Waals surface area (Å²) < 4.78 is 26.1. The maximum absolute atomic E-state index is 13.1. The number of non-ortho nitro benzene ring substituents is 1. The Morgan fingerprint density at radius 1 is 1.33 bits per heavy atom. The van der Waals surface area contributed by atoms with Crippen LogP contribution < -0.4 is 5.32 Å². The molecule has 1 N–H and O–H groups in total. The van der Waals surface area contributed by atoms with E-state index in [1.165, 1.54) is 31.4 Å². The Labute approximate surface area is 122 Å². The molecular formula is C15H20F2N2O2. The van der Waals surface area contributed by atoms with Crippen LogP contribution in [0.2, 0.25) is 0 Å². The lowest BCUT2D eigenvalue weighted by Crippen LogP contribution is -2.29. The number of hydrogen-bond acceptors (Lipinski definition) is 3. The first-order chi connectivity index (χ1) is 9.91. The predicted molar refractivity (Wildman–Crippen MR) is 77.7 cm³/mol. The zero-order valence-electron chi connectivity index (χ0n) is 12.1. The van der Waals surface area contributed by atoms with Crippen LogP contribution in [0.4, 0.5) is 20.2 Å². The highest BCUT2D eigenvalue weighted by Gasteiger charge is 2.27. The predicted octanol–water partition coefficient (Wildman–Crippen LogP) is 4.91. The molecule has 0 aromatic heterocycles. The van der Waals surface area contributed by atoms with E-state index in [9.17, 15) is 18.9 Å². The molecule has 0 saturated heterocycles. The van der Waals surface area contributed by atoms with Crippen molar-refractivity contribution in [3.05, 3.63) is 33.9 Å². The molecule has 1 fully saturated rings. The first-order valence-corrected chi connectivity index (χ1v) is 7.22. The van der Waals surface area contributed by atoms with Gasteiger partial charge in [0.25, 0.3) is 12.1 Å². The Morgan fingerprint density at radius 3 is 2.57 bits per heavy atom. The highest BCUT2D eigenvalue weighted by atomic mass is 19.3. The maximum Gasteiger partial charge on any atom is 0.270 e. The van der Waals surface area contributed by atoms with Crippen molar-refractivity contribution >= 4 is 11.4 Å². The van der Waals surface area contributed by atoms with Gasteiger partial charge in [-0.3, -0.25) is 10.1 Å². The van der Waals surface area contributed by atoms with Gasteiger partial charge in [-0.25, -0.2) is 8.78 Å². The molecule has 1 aromatic carbocycles. The first kappa shape index (κ1) is 15.7. The van der Waals surface area contributed by atoms with Crippen LogP contribution >= 0.6 is 0 Å². The van der Waals surface area contributed by atoms with Crippen molar-refractivity contribution in [2.75, 3.05) is 11.9 Å². The fourth-order valence-corrected chi connectivity index (χ4v) is 2.90. The summed E-state index contributed by atoms with van der Waals surface area (Å²) in [6, 6.07) is 3.60. The van der Waals surface area contributed by atoms with Gasteiger partial charge in [0, 0.05) is 29.9 Å². The van der Waals surface area contributed by atoms with Gasteiger partial charge in [-0.1, -0.05) is 26.2 Å². The van der Waals surface area contributed by atoms with Crippen LogP contribution in [0, 0.1) is 15.5 Å². The minimum absolute atomic E-state index is 0.111. The lowest BCUT2D eigenvalue weighted by molar-refractivity contribution is -0.385. The lowest BCUT2D eigenvalue weighted by Gasteiger charge is -2.34. The van der Waals surface area contributed by atoms with E-state index >= 15 is 0 Å². The van der Waals surface area contributed by atoms with Crippen LogP contribution in [-0.4, -0.2) is 11.5 Å². The van der Waals surface area contributed by atoms with Crippen LogP contribution in [0.5, 0.6) is 0 Å². The third-order valence-electron chi connectivity index (χ3n) is 4.25. The Morgan fingerprint density at radius 2 is 2.00 bits per heavy atom. The van der Waals surface area contributed by atoms with Gasteiger partial charge in [0.1, 0.15) is 0 Å². The molecule has 1 saturated carbocycles. The van der Waals surface area contributed by atoms with Gasteiger partial charge in [-0.05, 0) is 24.3 Å². The summed E-state index contributed by atoms with van der Waals surface area (Å²) in [5.74, 6) is 0. The van der Waals surface area contributed by atoms with Crippen molar-refractivity contribution in [3.8, 4) is 0 Å². The molecule has 0 heterocycles. The topological polar surface area (TPSA) is 55.2 Å². The van der Waals surface area contributed by atoms with Crippen molar-refractivity contribution in [1.82, 2.24) is 0 Å². The third-order valence-corrected chi connectivity index (χ3v) is 4.25. The molecule has 21 heavy (non-hydrogen) atoms. The summed E-state index contributed by atoms with van der Waals surface area (Å²) in [5.41, 5.74) is -0.204. The smallest absolute Gasteiger partial charge is 0.270 e. The number of nitro groups is 1. The molecule has 4 nitrogen and oxygen atoms in total. The first-order valence-electron chi connectivity index (χ1n) is 7.22. The van der Waals surface area contributed by atoms with E-state index in [0.29, 0.717) is 12.2 Å². The van der Waals surface area contributed by atoms with Crippen molar-refractivity contribution in [1.29, 1.82) is 0 Å². The molecule has 2 rings (SSSR count). The molecule has 1 aliphatic rings. The zero-order valence-corrected chi connectivity index (χ0v) is 12.1. The molecular weight excluding hydrogens is 278 g/mol. The van der Waals surface area contributed by atoms with Crippen LogP contribution in [0.15, 0.2) is 18.2 Å². The second-order valence-corrected chi connectivity index (χ2v) is 6.05. The number of rotatable bonds is 5. The zero-order chi connectivity index (χ0) is 15.5. The van der Waals surface area contributed by atoms with E-state index in [1.54, 1.807) is 0 Å². The van der Waals surface area contributed by atoms with Crippen molar-refractivity contribution in [2.45, 2.75) is 45.5 Å². The molecule has 0 amide bonds. The summed E-state index contributed by atoms with van der Waals surface area (Å²) in [7, 11) is 0. The minimum atomic E-state index is -2.73. The van der Waals surface area contributed by atoms with E-state index in [4.69, 9.17) is 0 Å². The highest BCUT2D eigenvalue weighted by Crippen LogP contribution is 2.37. The Balaban J connectivity index is 2.13. The number of benzene rings is 1. The Bertz CT molecular complexity index is 514. The molecule has 0 atom stereocenters. The molecule has 6 heteroatoms. The molecule has 0 bridgehead atoms. The standard InChI is InChI=1S/C15H20F2N2O2/c1-15(7-3-2-4-8-15)10-18-13-6-5-11(19(20)21)9-12(13)14(16)17/h5-6,9,14,18H,2-4,7-8,10H2,1H3. The van der Waals surface area contributed by atoms with Gasteiger partial charge in [0.05, 0.1) is 4.92 Å². The average Bonchev–Trinajstić information content (AvgIpc) is 2.45. The summed E-state index contributed by atoms with van der Waals surface area (Å²) in [5, 5.41) is 13.8. The fraction of sp³-hybridized carbons (Fsp3) is 0.600. The Hall–Kier alpha value is -1.72. The van der Waals surface area contributed by atoms with E-state index in [-0.39, 0.29) is 16.7 Å². The summed E-state index contributed by atoms with van der Waals surface area (Å²) >= 11 is 0. The monoisotopic (exact) mass is 298 g/mol. The normalized spacial score (nSPS) is 17.7. The van der Waals surface area contributed by atoms with Gasteiger partial charge in [-0.2, -0.15) is 0 Å². The second kappa shape index (κ2) is 6.37. The minimum Gasteiger partial charge on any atom is -0.384 e. The molecule has 116 valence electrons. The van der Waals surface area contributed by atoms with Gasteiger partial charge in [-0.15, -0.1) is 0 Å². The van der Waals surface area contributed by atoms with Gasteiger partial charge in [0.15, 0.2) is 0 Å². The van der Waals surface area contributed by atoms with Crippen LogP contribution in [0.1, 0.15) is 51.0 Å². The fourth-order valence-electron chi connectivity index (χ4n) is 2.90. The van der Waals surface area contributed by atoms with Crippen LogP contribution in [0.3, 0.4) is 0 Å². The van der Waals surface area contributed by atoms with E-state index in [2.05, 4.69) is 12.2 Å². The Kier molecular flexibility index (Phi) is 4.75. The van der Waals surface area contributed by atoms with Crippen molar-refractivity contribution in [2.24, 2.45) is 5.41 Å². The largest absolute Gasteiger partial charge is 0.384 e. The number of anilines is 1. The molecule has 0 radical (unpaired) electrons. The van der Waals surface area contributed by atoms with E-state index < -0.39 is 11.3 Å². The quantitative estimate of drug-likeness (QED) is 0.620. The number of alkyl halides is 2. The average molecular weight is 298 g/mol. The van der Waals surface area contributed by atoms with Gasteiger partial charge >= 0.3 is 0 Å². The second-order valence-electron chi connectivity index (χ2n) is 6.05. The van der Waals surface area contributed by atoms with Gasteiger partial charge in [0.2, 0.25) is 0 Å². The highest BCUT2D eigenvalue weighted by molar-refractivity contribution is 5.56. The lowest BCUT2D eigenvalue weighted by atomic mass is 9.75. The molecule has 1 aromatic rings. The van der Waals surface area contributed by atoms with Crippen molar-refractivity contribution in [3.63, 3.8) is 0 Å². The number of halogens is 2. The molecule has 1 aliphatic carbocycles. The van der Waals surface area contributed by atoms with Crippen molar-refractivity contribution < 1.29 is 13.7 Å². The van der Waals surface area contributed by atoms with E-state index in [0.717, 1.165) is 18.9 Å². The molecule has 0 aliphatic heterocycles. The molecule has 0 spiro atoms. The summed E-state index contributed by atoms with van der Waals surface area (Å²) in [4.78, 5) is 10.0. The third kappa shape index (κ3) is 3.89.